The molecule has 0 bridgehead atoms. The quantitative estimate of drug-likeness (QED) is 0.555. The average Bonchev–Trinajstić information content (AvgIpc) is 2.37. The van der Waals surface area contributed by atoms with Crippen LogP contribution in [0, 0.1) is 12.8 Å². The van der Waals surface area contributed by atoms with Crippen molar-refractivity contribution in [3.8, 4) is 0 Å². The van der Waals surface area contributed by atoms with Gasteiger partial charge in [-0.1, -0.05) is 12.1 Å². The Bertz CT molecular complexity index is 388. The molecule has 80 valence electrons. The molecule has 0 aromatic heterocycles. The third-order valence-corrected chi connectivity index (χ3v) is 2.29. The summed E-state index contributed by atoms with van der Waals surface area (Å²) in [7, 11) is 0. The fraction of sp³-hybridized carbons (Fsp3) is 0. The SMILES string of the molecule is C(=C[CH-]c1ccccc1)[CH-]c1ccccc1.[Mg+2]. The van der Waals surface area contributed by atoms with Gasteiger partial charge in [0, 0.05) is 0 Å². The molecule has 2 aromatic carbocycles. The molecule has 0 fully saturated rings. The molecule has 17 heavy (non-hydrogen) atoms. The van der Waals surface area contributed by atoms with Crippen molar-refractivity contribution in [1.82, 2.24) is 0 Å². The zero-order valence-corrected chi connectivity index (χ0v) is 11.2. The van der Waals surface area contributed by atoms with Crippen LogP contribution in [0.2, 0.25) is 0 Å². The van der Waals surface area contributed by atoms with Crippen molar-refractivity contribution in [1.29, 1.82) is 0 Å². The van der Waals surface area contributed by atoms with Gasteiger partial charge in [-0.3, -0.25) is 0 Å². The average molecular weight is 231 g/mol. The van der Waals surface area contributed by atoms with Crippen LogP contribution in [0.25, 0.3) is 0 Å². The van der Waals surface area contributed by atoms with Crippen LogP contribution in [0.4, 0.5) is 0 Å². The zero-order chi connectivity index (χ0) is 11.1. The monoisotopic (exact) mass is 230 g/mol. The van der Waals surface area contributed by atoms with Crippen molar-refractivity contribution in [2.75, 3.05) is 0 Å². The molecule has 0 nitrogen and oxygen atoms in total. The maximum Gasteiger partial charge on any atom is 2.00 e. The smallest absolute Gasteiger partial charge is 0.216 e. The Hall–Kier alpha value is -1.31. The Morgan fingerprint density at radius 2 is 0.941 bits per heavy atom. The van der Waals surface area contributed by atoms with Crippen molar-refractivity contribution < 1.29 is 0 Å². The van der Waals surface area contributed by atoms with Gasteiger partial charge in [0.1, 0.15) is 0 Å². The molecule has 0 saturated carbocycles. The van der Waals surface area contributed by atoms with Crippen LogP contribution in [-0.4, -0.2) is 23.1 Å². The standard InChI is InChI=1S/C16H14.Mg/c1-3-9-15(10-4-1)13-7-8-14-16-11-5-2-6-12-16;/h1-14H;/q-2;+2. The minimum atomic E-state index is 0. The maximum atomic E-state index is 2.10. The molecule has 0 saturated heterocycles. The van der Waals surface area contributed by atoms with E-state index in [1.165, 1.54) is 11.1 Å². The first-order valence-corrected chi connectivity index (χ1v) is 5.40. The summed E-state index contributed by atoms with van der Waals surface area (Å²) in [5.74, 6) is 0. The number of hydrogen-bond acceptors (Lipinski definition) is 0. The molecular formula is C16H14Mg. The largest absolute Gasteiger partial charge is 2.00 e. The van der Waals surface area contributed by atoms with E-state index in [4.69, 9.17) is 0 Å². The van der Waals surface area contributed by atoms with E-state index in [9.17, 15) is 0 Å². The predicted octanol–water partition coefficient (Wildman–Crippen LogP) is 3.67. The van der Waals surface area contributed by atoms with Crippen molar-refractivity contribution in [3.63, 3.8) is 0 Å². The number of rotatable bonds is 4. The van der Waals surface area contributed by atoms with E-state index >= 15 is 0 Å². The normalized spacial score (nSPS) is 9.65. The summed E-state index contributed by atoms with van der Waals surface area (Å²) >= 11 is 0. The van der Waals surface area contributed by atoms with Gasteiger partial charge in [-0.15, -0.1) is 48.5 Å². The molecule has 0 radical (unpaired) electrons. The number of benzene rings is 2. The molecule has 0 N–H and O–H groups in total. The van der Waals surface area contributed by atoms with Crippen molar-refractivity contribution in [2.24, 2.45) is 0 Å². The summed E-state index contributed by atoms with van der Waals surface area (Å²) in [6, 6.07) is 20.6. The molecular weight excluding hydrogens is 216 g/mol. The fourth-order valence-corrected chi connectivity index (χ4v) is 1.46. The summed E-state index contributed by atoms with van der Waals surface area (Å²) in [5, 5.41) is 0. The van der Waals surface area contributed by atoms with Gasteiger partial charge in [0.15, 0.2) is 0 Å². The van der Waals surface area contributed by atoms with Crippen LogP contribution in [0.5, 0.6) is 0 Å². The first-order valence-electron chi connectivity index (χ1n) is 5.40. The second-order valence-corrected chi connectivity index (χ2v) is 3.54. The van der Waals surface area contributed by atoms with Gasteiger partial charge in [0.25, 0.3) is 0 Å². The molecule has 0 atom stereocenters. The van der Waals surface area contributed by atoms with E-state index in [-0.39, 0.29) is 23.1 Å². The van der Waals surface area contributed by atoms with E-state index in [0.29, 0.717) is 0 Å². The third-order valence-electron chi connectivity index (χ3n) is 2.29. The Balaban J connectivity index is 0.00000144. The molecule has 0 amide bonds. The van der Waals surface area contributed by atoms with Crippen molar-refractivity contribution in [3.05, 3.63) is 96.8 Å². The van der Waals surface area contributed by atoms with Crippen LogP contribution in [0.15, 0.2) is 72.8 Å². The summed E-state index contributed by atoms with van der Waals surface area (Å²) in [6.07, 6.45) is 8.31. The van der Waals surface area contributed by atoms with Crippen LogP contribution in [0.3, 0.4) is 0 Å². The topological polar surface area (TPSA) is 0 Å². The van der Waals surface area contributed by atoms with Gasteiger partial charge >= 0.3 is 23.1 Å². The van der Waals surface area contributed by atoms with E-state index in [2.05, 4.69) is 49.3 Å². The molecule has 2 rings (SSSR count). The molecule has 0 aliphatic rings. The molecule has 0 spiro atoms. The first kappa shape index (κ1) is 13.7. The summed E-state index contributed by atoms with van der Waals surface area (Å²) in [5.41, 5.74) is 2.44. The van der Waals surface area contributed by atoms with Gasteiger partial charge in [0.2, 0.25) is 0 Å². The molecule has 0 unspecified atom stereocenters. The van der Waals surface area contributed by atoms with Gasteiger partial charge in [-0.25, -0.2) is 12.2 Å². The van der Waals surface area contributed by atoms with Gasteiger partial charge in [-0.2, -0.15) is 24.0 Å². The van der Waals surface area contributed by atoms with E-state index < -0.39 is 0 Å². The van der Waals surface area contributed by atoms with E-state index in [1.807, 2.05) is 36.4 Å². The Morgan fingerprint density at radius 1 is 0.588 bits per heavy atom. The van der Waals surface area contributed by atoms with Crippen LogP contribution >= 0.6 is 0 Å². The minimum Gasteiger partial charge on any atom is -0.216 e. The fourth-order valence-electron chi connectivity index (χ4n) is 1.46. The Morgan fingerprint density at radius 3 is 1.29 bits per heavy atom. The number of hydrogen-bond donors (Lipinski definition) is 0. The number of allylic oxidation sites excluding steroid dienone is 2. The van der Waals surface area contributed by atoms with Gasteiger partial charge < -0.3 is 0 Å². The summed E-state index contributed by atoms with van der Waals surface area (Å²) < 4.78 is 0. The second-order valence-electron chi connectivity index (χ2n) is 3.54. The summed E-state index contributed by atoms with van der Waals surface area (Å²) in [4.78, 5) is 0. The Kier molecular flexibility index (Phi) is 6.37. The third kappa shape index (κ3) is 5.03. The van der Waals surface area contributed by atoms with E-state index in [0.717, 1.165) is 0 Å². The molecule has 0 aliphatic carbocycles. The first-order chi connectivity index (χ1) is 7.95. The van der Waals surface area contributed by atoms with Crippen molar-refractivity contribution >= 4 is 23.1 Å². The van der Waals surface area contributed by atoms with Crippen LogP contribution in [-0.2, 0) is 0 Å². The minimum absolute atomic E-state index is 0. The predicted molar refractivity (Wildman–Crippen MR) is 74.6 cm³/mol. The van der Waals surface area contributed by atoms with Gasteiger partial charge in [0.05, 0.1) is 0 Å². The zero-order valence-electron chi connectivity index (χ0n) is 9.79. The molecule has 0 heterocycles. The summed E-state index contributed by atoms with van der Waals surface area (Å²) in [6.45, 7) is 0. The second kappa shape index (κ2) is 7.88. The van der Waals surface area contributed by atoms with Crippen LogP contribution in [0.1, 0.15) is 11.1 Å². The van der Waals surface area contributed by atoms with Crippen molar-refractivity contribution in [2.45, 2.75) is 0 Å². The molecule has 1 heteroatoms. The molecule has 2 aromatic rings. The maximum absolute atomic E-state index is 2.10. The Labute approximate surface area is 120 Å². The molecule has 0 aliphatic heterocycles. The van der Waals surface area contributed by atoms with E-state index in [1.54, 1.807) is 0 Å². The van der Waals surface area contributed by atoms with Crippen LogP contribution < -0.4 is 0 Å². The van der Waals surface area contributed by atoms with Gasteiger partial charge in [-0.05, 0) is 0 Å².